The second-order valence-electron chi connectivity index (χ2n) is 7.14. The molecule has 0 aromatic heterocycles. The molecule has 3 rings (SSSR count). The maximum Gasteiger partial charge on any atom is 0.251 e. The molecule has 27 heavy (non-hydrogen) atoms. The van der Waals surface area contributed by atoms with Crippen molar-refractivity contribution in [2.24, 2.45) is 0 Å². The van der Waals surface area contributed by atoms with Crippen LogP contribution in [-0.2, 0) is 0 Å². The molecule has 0 saturated carbocycles. The summed E-state index contributed by atoms with van der Waals surface area (Å²) in [6.45, 7) is 5.22. The van der Waals surface area contributed by atoms with Crippen molar-refractivity contribution >= 4 is 11.7 Å². The summed E-state index contributed by atoms with van der Waals surface area (Å²) >= 11 is 0. The smallest absolute Gasteiger partial charge is 0.251 e. The zero-order valence-electron chi connectivity index (χ0n) is 15.5. The van der Waals surface area contributed by atoms with Crippen LogP contribution in [-0.4, -0.2) is 28.5 Å². The van der Waals surface area contributed by atoms with Crippen LogP contribution < -0.4 is 10.1 Å². The Morgan fingerprint density at radius 1 is 1.15 bits per heavy atom. The van der Waals surface area contributed by atoms with Gasteiger partial charge in [0.25, 0.3) is 5.91 Å². The fourth-order valence-electron chi connectivity index (χ4n) is 3.16. The molecule has 0 aliphatic carbocycles. The minimum absolute atomic E-state index is 0.0410. The molecule has 0 bridgehead atoms. The lowest BCUT2D eigenvalue weighted by Gasteiger charge is -2.42. The molecule has 2 N–H and O–H groups in total. The number of aliphatic hydroxyl groups is 1. The van der Waals surface area contributed by atoms with Gasteiger partial charge in [0.15, 0.2) is 5.78 Å². The van der Waals surface area contributed by atoms with Gasteiger partial charge in [0.05, 0.1) is 6.04 Å². The number of hydrogen-bond acceptors (Lipinski definition) is 4. The summed E-state index contributed by atoms with van der Waals surface area (Å²) in [6, 6.07) is 9.39. The van der Waals surface area contributed by atoms with E-state index in [2.05, 4.69) is 5.32 Å². The molecule has 0 spiro atoms. The number of carbonyl (C=O) groups is 2. The molecule has 1 aliphatic rings. The van der Waals surface area contributed by atoms with Crippen LogP contribution in [0.4, 0.5) is 4.39 Å². The van der Waals surface area contributed by atoms with Crippen LogP contribution in [0.3, 0.4) is 0 Å². The molecule has 1 amide bonds. The summed E-state index contributed by atoms with van der Waals surface area (Å²) in [6.07, 6.45) is -0.693. The predicted molar refractivity (Wildman–Crippen MR) is 98.4 cm³/mol. The first-order valence-corrected chi connectivity index (χ1v) is 8.83. The van der Waals surface area contributed by atoms with E-state index < -0.39 is 29.5 Å². The van der Waals surface area contributed by atoms with E-state index in [1.165, 1.54) is 24.3 Å². The average Bonchev–Trinajstić information content (AvgIpc) is 2.64. The number of hydrogen-bond donors (Lipinski definition) is 2. The van der Waals surface area contributed by atoms with Gasteiger partial charge in [-0.15, -0.1) is 0 Å². The lowest BCUT2D eigenvalue weighted by atomic mass is 9.85. The van der Waals surface area contributed by atoms with Gasteiger partial charge in [0.2, 0.25) is 0 Å². The van der Waals surface area contributed by atoms with Gasteiger partial charge in [-0.1, -0.05) is 6.92 Å². The summed E-state index contributed by atoms with van der Waals surface area (Å²) in [5, 5.41) is 13.6. The number of aliphatic hydroxyl groups excluding tert-OH is 1. The van der Waals surface area contributed by atoms with Crippen molar-refractivity contribution in [1.29, 1.82) is 0 Å². The third kappa shape index (κ3) is 3.71. The topological polar surface area (TPSA) is 75.6 Å². The Morgan fingerprint density at radius 3 is 2.41 bits per heavy atom. The monoisotopic (exact) mass is 371 g/mol. The maximum atomic E-state index is 13.1. The number of benzene rings is 2. The quantitative estimate of drug-likeness (QED) is 0.808. The first-order valence-electron chi connectivity index (χ1n) is 8.83. The Labute approximate surface area is 157 Å². The van der Waals surface area contributed by atoms with Gasteiger partial charge in [-0.05, 0) is 56.3 Å². The van der Waals surface area contributed by atoms with Crippen LogP contribution >= 0.6 is 0 Å². The summed E-state index contributed by atoms with van der Waals surface area (Å²) in [7, 11) is 0. The van der Waals surface area contributed by atoms with E-state index in [1.807, 2.05) is 0 Å². The highest BCUT2D eigenvalue weighted by atomic mass is 19.1. The average molecular weight is 371 g/mol. The minimum Gasteiger partial charge on any atom is -0.485 e. The Morgan fingerprint density at radius 2 is 1.78 bits per heavy atom. The zero-order chi connectivity index (χ0) is 19.8. The molecule has 1 heterocycles. The first-order chi connectivity index (χ1) is 12.7. The minimum atomic E-state index is -1.04. The molecule has 2 aromatic carbocycles. The number of ether oxygens (including phenoxy) is 1. The maximum absolute atomic E-state index is 13.1. The standard InChI is InChI=1S/C21H22FNO4/c1-4-16(24)13-7-10-17-15(11-13)18(19(25)21(2,3)27-17)23-20(26)12-5-8-14(22)9-6-12/h5-11,18-19,25H,4H2,1-3H3,(H,23,26)/t18-,19+/m0/s1. The zero-order valence-corrected chi connectivity index (χ0v) is 15.5. The number of nitrogens with one attached hydrogen (secondary N) is 1. The molecule has 142 valence electrons. The van der Waals surface area contributed by atoms with Gasteiger partial charge in [-0.3, -0.25) is 9.59 Å². The van der Waals surface area contributed by atoms with Crippen molar-refractivity contribution in [2.75, 3.05) is 0 Å². The number of halogens is 1. The van der Waals surface area contributed by atoms with Gasteiger partial charge in [-0.25, -0.2) is 4.39 Å². The number of carbonyl (C=O) groups excluding carboxylic acids is 2. The Hall–Kier alpha value is -2.73. The normalized spacial score (nSPS) is 20.3. The molecule has 6 heteroatoms. The van der Waals surface area contributed by atoms with E-state index in [0.717, 1.165) is 0 Å². The molecular formula is C21H22FNO4. The van der Waals surface area contributed by atoms with Crippen LogP contribution in [0.5, 0.6) is 5.75 Å². The van der Waals surface area contributed by atoms with E-state index in [-0.39, 0.29) is 11.3 Å². The van der Waals surface area contributed by atoms with E-state index >= 15 is 0 Å². The molecule has 2 aromatic rings. The van der Waals surface area contributed by atoms with Gasteiger partial charge in [0, 0.05) is 23.1 Å². The predicted octanol–water partition coefficient (Wildman–Crippen LogP) is 3.42. The second-order valence-corrected chi connectivity index (χ2v) is 7.14. The summed E-state index contributed by atoms with van der Waals surface area (Å²) < 4.78 is 19.0. The number of amides is 1. The molecule has 0 radical (unpaired) electrons. The lowest BCUT2D eigenvalue weighted by Crippen LogP contribution is -2.53. The van der Waals surface area contributed by atoms with Crippen molar-refractivity contribution in [3.05, 3.63) is 65.0 Å². The summed E-state index contributed by atoms with van der Waals surface area (Å²) in [5.41, 5.74) is 0.365. The highest BCUT2D eigenvalue weighted by molar-refractivity contribution is 5.97. The highest BCUT2D eigenvalue weighted by Gasteiger charge is 2.43. The van der Waals surface area contributed by atoms with Crippen LogP contribution in [0.1, 0.15) is 59.5 Å². The Bertz CT molecular complexity index is 876. The SMILES string of the molecule is CCC(=O)c1ccc2c(c1)[C@H](NC(=O)c1ccc(F)cc1)[C@@H](O)C(C)(C)O2. The lowest BCUT2D eigenvalue weighted by molar-refractivity contribution is -0.0627. The van der Waals surface area contributed by atoms with E-state index in [1.54, 1.807) is 39.0 Å². The van der Waals surface area contributed by atoms with Crippen LogP contribution in [0.25, 0.3) is 0 Å². The first kappa shape index (κ1) is 19.0. The number of Topliss-reactive ketones (excluding diaryl/α,β-unsaturated/α-hetero) is 1. The molecule has 5 nitrogen and oxygen atoms in total. The van der Waals surface area contributed by atoms with Gasteiger partial charge < -0.3 is 15.2 Å². The van der Waals surface area contributed by atoms with E-state index in [0.29, 0.717) is 23.3 Å². The van der Waals surface area contributed by atoms with Gasteiger partial charge in [-0.2, -0.15) is 0 Å². The van der Waals surface area contributed by atoms with Crippen molar-refractivity contribution in [2.45, 2.75) is 44.9 Å². The van der Waals surface area contributed by atoms with Crippen molar-refractivity contribution in [1.82, 2.24) is 5.32 Å². The fraction of sp³-hybridized carbons (Fsp3) is 0.333. The summed E-state index contributed by atoms with van der Waals surface area (Å²) in [5.74, 6) is -0.426. The molecule has 2 atom stereocenters. The van der Waals surface area contributed by atoms with Crippen LogP contribution in [0, 0.1) is 5.82 Å². The highest BCUT2D eigenvalue weighted by Crippen LogP contribution is 2.40. The third-order valence-corrected chi connectivity index (χ3v) is 4.78. The van der Waals surface area contributed by atoms with Crippen molar-refractivity contribution < 1.29 is 23.8 Å². The second kappa shape index (κ2) is 7.12. The number of fused-ring (bicyclic) bond motifs is 1. The summed E-state index contributed by atoms with van der Waals surface area (Å²) in [4.78, 5) is 24.7. The van der Waals surface area contributed by atoms with Crippen LogP contribution in [0.2, 0.25) is 0 Å². The molecule has 0 unspecified atom stereocenters. The Balaban J connectivity index is 1.98. The molecular weight excluding hydrogens is 349 g/mol. The molecule has 0 saturated heterocycles. The largest absolute Gasteiger partial charge is 0.485 e. The van der Waals surface area contributed by atoms with E-state index in [4.69, 9.17) is 4.74 Å². The number of ketones is 1. The van der Waals surface area contributed by atoms with E-state index in [9.17, 15) is 19.1 Å². The molecule has 0 fully saturated rings. The van der Waals surface area contributed by atoms with Gasteiger partial charge >= 0.3 is 0 Å². The fourth-order valence-corrected chi connectivity index (χ4v) is 3.16. The van der Waals surface area contributed by atoms with Crippen molar-refractivity contribution in [3.8, 4) is 5.75 Å². The molecule has 1 aliphatic heterocycles. The van der Waals surface area contributed by atoms with Crippen LogP contribution in [0.15, 0.2) is 42.5 Å². The van der Waals surface area contributed by atoms with Gasteiger partial charge in [0.1, 0.15) is 23.3 Å². The number of rotatable bonds is 4. The third-order valence-electron chi connectivity index (χ3n) is 4.78. The van der Waals surface area contributed by atoms with Crippen molar-refractivity contribution in [3.63, 3.8) is 0 Å². The Kier molecular flexibility index (Phi) is 5.02.